The highest BCUT2D eigenvalue weighted by Crippen LogP contribution is 2.33. The number of rotatable bonds is 7. The highest BCUT2D eigenvalue weighted by atomic mass is 19.1. The van der Waals surface area contributed by atoms with Gasteiger partial charge in [0, 0.05) is 41.6 Å². The fraction of sp³-hybridized carbons (Fsp3) is 0.267. The van der Waals surface area contributed by atoms with E-state index in [1.54, 1.807) is 18.2 Å². The Kier molecular flexibility index (Phi) is 6.45. The van der Waals surface area contributed by atoms with Crippen LogP contribution in [-0.4, -0.2) is 36.3 Å². The van der Waals surface area contributed by atoms with Gasteiger partial charge in [-0.05, 0) is 56.6 Å². The van der Waals surface area contributed by atoms with Gasteiger partial charge >= 0.3 is 0 Å². The van der Waals surface area contributed by atoms with E-state index in [4.69, 9.17) is 13.7 Å². The van der Waals surface area contributed by atoms with Crippen molar-refractivity contribution in [3.05, 3.63) is 94.5 Å². The zero-order chi connectivity index (χ0) is 25.2. The molecule has 6 nitrogen and oxygen atoms in total. The lowest BCUT2D eigenvalue weighted by Crippen LogP contribution is -2.34. The Hall–Kier alpha value is -3.97. The standard InChI is InChI=1S/C30H27FN2O4/c31-22-7-9-25-29(17-22)37-32-30(25)21-11-14-33(15-12-21)13-4-16-35-23-8-10-24-26(34)19-27(36-28(24)18-23)20-5-2-1-3-6-20/h1-3,5-10,17-19,21H,4,11-16H2. The smallest absolute Gasteiger partial charge is 0.193 e. The van der Waals surface area contributed by atoms with E-state index in [1.165, 1.54) is 18.2 Å². The second-order valence-corrected chi connectivity index (χ2v) is 9.53. The van der Waals surface area contributed by atoms with Crippen molar-refractivity contribution in [2.24, 2.45) is 0 Å². The van der Waals surface area contributed by atoms with Crippen molar-refractivity contribution in [3.8, 4) is 17.1 Å². The zero-order valence-corrected chi connectivity index (χ0v) is 20.4. The van der Waals surface area contributed by atoms with Gasteiger partial charge in [0.2, 0.25) is 0 Å². The fourth-order valence-electron chi connectivity index (χ4n) is 5.10. The summed E-state index contributed by atoms with van der Waals surface area (Å²) in [5, 5.41) is 5.69. The van der Waals surface area contributed by atoms with E-state index in [0.29, 0.717) is 40.6 Å². The molecule has 5 aromatic rings. The number of piperidine rings is 1. The van der Waals surface area contributed by atoms with Crippen molar-refractivity contribution in [3.63, 3.8) is 0 Å². The van der Waals surface area contributed by atoms with Crippen molar-refractivity contribution in [2.75, 3.05) is 26.2 Å². The Bertz CT molecular complexity index is 1590. The summed E-state index contributed by atoms with van der Waals surface area (Å²) >= 11 is 0. The minimum atomic E-state index is -0.308. The van der Waals surface area contributed by atoms with E-state index in [-0.39, 0.29) is 11.2 Å². The quantitative estimate of drug-likeness (QED) is 0.242. The third kappa shape index (κ3) is 5.00. The average molecular weight is 499 g/mol. The number of halogens is 1. The first-order valence-corrected chi connectivity index (χ1v) is 12.7. The van der Waals surface area contributed by atoms with E-state index in [9.17, 15) is 9.18 Å². The number of hydrogen-bond acceptors (Lipinski definition) is 6. The second kappa shape index (κ2) is 10.2. The van der Waals surface area contributed by atoms with Crippen LogP contribution in [0.5, 0.6) is 5.75 Å². The summed E-state index contributed by atoms with van der Waals surface area (Å²) in [5.41, 5.74) is 2.77. The molecule has 0 radical (unpaired) electrons. The first kappa shape index (κ1) is 23.4. The predicted molar refractivity (Wildman–Crippen MR) is 140 cm³/mol. The van der Waals surface area contributed by atoms with Crippen molar-refractivity contribution in [1.82, 2.24) is 10.1 Å². The number of aromatic nitrogens is 1. The number of likely N-dealkylation sites (tertiary alicyclic amines) is 1. The molecule has 0 spiro atoms. The van der Waals surface area contributed by atoms with E-state index in [0.717, 1.165) is 55.5 Å². The van der Waals surface area contributed by atoms with Crippen molar-refractivity contribution >= 4 is 21.9 Å². The van der Waals surface area contributed by atoms with Crippen molar-refractivity contribution < 1.29 is 18.1 Å². The summed E-state index contributed by atoms with van der Waals surface area (Å²) in [6.45, 7) is 3.47. The molecule has 0 aliphatic carbocycles. The van der Waals surface area contributed by atoms with Gasteiger partial charge in [-0.25, -0.2) is 4.39 Å². The van der Waals surface area contributed by atoms with Gasteiger partial charge in [-0.15, -0.1) is 0 Å². The van der Waals surface area contributed by atoms with Crippen LogP contribution in [0.25, 0.3) is 33.3 Å². The van der Waals surface area contributed by atoms with Crippen LogP contribution >= 0.6 is 0 Å². The molecular formula is C30H27FN2O4. The largest absolute Gasteiger partial charge is 0.493 e. The molecule has 0 unspecified atom stereocenters. The molecule has 1 saturated heterocycles. The van der Waals surface area contributed by atoms with E-state index >= 15 is 0 Å². The van der Waals surface area contributed by atoms with Gasteiger partial charge in [0.1, 0.15) is 22.9 Å². The first-order valence-electron chi connectivity index (χ1n) is 12.7. The fourth-order valence-corrected chi connectivity index (χ4v) is 5.10. The molecule has 0 bridgehead atoms. The predicted octanol–water partition coefficient (Wildman–Crippen LogP) is 6.39. The Balaban J connectivity index is 1.02. The Labute approximate surface area is 213 Å². The number of hydrogen-bond donors (Lipinski definition) is 0. The molecule has 3 aromatic carbocycles. The van der Waals surface area contributed by atoms with Gasteiger partial charge in [0.15, 0.2) is 11.0 Å². The lowest BCUT2D eigenvalue weighted by molar-refractivity contribution is 0.191. The highest BCUT2D eigenvalue weighted by molar-refractivity contribution is 5.80. The molecule has 1 aliphatic heterocycles. The Morgan fingerprint density at radius 1 is 0.946 bits per heavy atom. The van der Waals surface area contributed by atoms with Crippen molar-refractivity contribution in [2.45, 2.75) is 25.2 Å². The minimum Gasteiger partial charge on any atom is -0.493 e. The van der Waals surface area contributed by atoms with Gasteiger partial charge in [0.25, 0.3) is 0 Å². The van der Waals surface area contributed by atoms with Gasteiger partial charge in [0.05, 0.1) is 17.7 Å². The topological polar surface area (TPSA) is 68.7 Å². The SMILES string of the molecule is O=c1cc(-c2ccccc2)oc2cc(OCCCN3CCC(c4noc5cc(F)ccc45)CC3)ccc12. The summed E-state index contributed by atoms with van der Waals surface area (Å²) < 4.78 is 30.8. The van der Waals surface area contributed by atoms with Crippen LogP contribution in [0.4, 0.5) is 4.39 Å². The zero-order valence-electron chi connectivity index (χ0n) is 20.4. The molecule has 0 N–H and O–H groups in total. The molecule has 6 rings (SSSR count). The maximum Gasteiger partial charge on any atom is 0.193 e. The molecule has 7 heteroatoms. The minimum absolute atomic E-state index is 0.0687. The monoisotopic (exact) mass is 498 g/mol. The van der Waals surface area contributed by atoms with Crippen LogP contribution in [0.1, 0.15) is 30.9 Å². The Morgan fingerprint density at radius 3 is 2.59 bits per heavy atom. The molecular weight excluding hydrogens is 471 g/mol. The molecule has 0 amide bonds. The third-order valence-electron chi connectivity index (χ3n) is 7.08. The molecule has 3 heterocycles. The molecule has 1 fully saturated rings. The summed E-state index contributed by atoms with van der Waals surface area (Å²) in [6, 6.07) is 21.1. The molecule has 37 heavy (non-hydrogen) atoms. The number of benzene rings is 3. The van der Waals surface area contributed by atoms with E-state index in [2.05, 4.69) is 10.1 Å². The molecule has 1 aliphatic rings. The van der Waals surface area contributed by atoms with E-state index < -0.39 is 0 Å². The normalized spacial score (nSPS) is 14.9. The van der Waals surface area contributed by atoms with Gasteiger partial charge in [-0.1, -0.05) is 35.5 Å². The van der Waals surface area contributed by atoms with Crippen LogP contribution in [0.15, 0.2) is 86.5 Å². The van der Waals surface area contributed by atoms with Crippen LogP contribution in [-0.2, 0) is 0 Å². The second-order valence-electron chi connectivity index (χ2n) is 9.53. The van der Waals surface area contributed by atoms with Crippen molar-refractivity contribution in [1.29, 1.82) is 0 Å². The highest BCUT2D eigenvalue weighted by Gasteiger charge is 2.25. The number of nitrogens with zero attached hydrogens (tertiary/aromatic N) is 2. The molecule has 2 aromatic heterocycles. The summed E-state index contributed by atoms with van der Waals surface area (Å²) in [6.07, 6.45) is 2.88. The third-order valence-corrected chi connectivity index (χ3v) is 7.08. The maximum atomic E-state index is 13.4. The molecule has 0 saturated carbocycles. The summed E-state index contributed by atoms with van der Waals surface area (Å²) in [7, 11) is 0. The summed E-state index contributed by atoms with van der Waals surface area (Å²) in [5.74, 6) is 1.25. The maximum absolute atomic E-state index is 13.4. The lowest BCUT2D eigenvalue weighted by Gasteiger charge is -2.31. The van der Waals surface area contributed by atoms with Gasteiger partial charge in [-0.2, -0.15) is 0 Å². The van der Waals surface area contributed by atoms with Gasteiger partial charge in [-0.3, -0.25) is 4.79 Å². The van der Waals surface area contributed by atoms with Gasteiger partial charge < -0.3 is 18.6 Å². The van der Waals surface area contributed by atoms with Crippen LogP contribution < -0.4 is 10.2 Å². The number of fused-ring (bicyclic) bond motifs is 2. The summed E-state index contributed by atoms with van der Waals surface area (Å²) in [4.78, 5) is 15.0. The Morgan fingerprint density at radius 2 is 1.76 bits per heavy atom. The molecule has 188 valence electrons. The van der Waals surface area contributed by atoms with E-state index in [1.807, 2.05) is 36.4 Å². The van der Waals surface area contributed by atoms with Crippen LogP contribution in [0.2, 0.25) is 0 Å². The number of ether oxygens (including phenoxy) is 1. The molecule has 0 atom stereocenters. The lowest BCUT2D eigenvalue weighted by atomic mass is 9.91. The first-order chi connectivity index (χ1) is 18.1. The van der Waals surface area contributed by atoms with Crippen LogP contribution in [0, 0.1) is 5.82 Å². The van der Waals surface area contributed by atoms with Crippen LogP contribution in [0.3, 0.4) is 0 Å². The average Bonchev–Trinajstić information content (AvgIpc) is 3.35.